The summed E-state index contributed by atoms with van der Waals surface area (Å²) in [5.74, 6) is -0.767. The number of carbonyl (C=O) groups is 1. The molecule has 298 valence electrons. The first kappa shape index (κ1) is 37.6. The summed E-state index contributed by atoms with van der Waals surface area (Å²) in [7, 11) is 1.62. The molecule has 14 nitrogen and oxygen atoms in total. The van der Waals surface area contributed by atoms with Crippen LogP contribution in [0.2, 0.25) is 0 Å². The standard InChI is InChI=1S/C40H57N3O11/c1-19-11-24-5-7-28-20(2)12-26(47-28)9-10-40-17-33-36(53-40)37-38(52-33)39(54-40)35-29(51-37)8-6-25(49-35)13-22(44)14-27-31(16-30(48-24)21(19)3)50-32(34(27)46-4)15-23(45)18-42-43-41/h19,23-39,45H,2-3,5-18H2,1,4H3/t19-,23+,24?,25-,26+,27?,28?,29+,30-,31+,32?,33-,34-,35+,36+,37+,38-,39+,40+/m1/s1. The van der Waals surface area contributed by atoms with Gasteiger partial charge in [0.2, 0.25) is 0 Å². The highest BCUT2D eigenvalue weighted by molar-refractivity contribution is 5.79. The van der Waals surface area contributed by atoms with Gasteiger partial charge in [-0.05, 0) is 67.5 Å². The van der Waals surface area contributed by atoms with E-state index in [-0.39, 0.29) is 123 Å². The van der Waals surface area contributed by atoms with Crippen LogP contribution in [-0.4, -0.2) is 128 Å². The van der Waals surface area contributed by atoms with Crippen LogP contribution in [0.5, 0.6) is 0 Å². The number of methoxy groups -OCH3 is 1. The van der Waals surface area contributed by atoms with Gasteiger partial charge in [-0.3, -0.25) is 4.79 Å². The summed E-state index contributed by atoms with van der Waals surface area (Å²) in [5.41, 5.74) is 11.0. The molecular formula is C40H57N3O11. The minimum atomic E-state index is -0.908. The van der Waals surface area contributed by atoms with Gasteiger partial charge in [0.1, 0.15) is 36.3 Å². The van der Waals surface area contributed by atoms with Crippen molar-refractivity contribution < 1.29 is 52.5 Å². The van der Waals surface area contributed by atoms with Gasteiger partial charge in [0.05, 0.1) is 73.7 Å². The lowest BCUT2D eigenvalue weighted by Crippen LogP contribution is -2.61. The smallest absolute Gasteiger partial charge is 0.172 e. The average molecular weight is 756 g/mol. The molecule has 0 radical (unpaired) electrons. The molecule has 4 unspecified atom stereocenters. The minimum Gasteiger partial charge on any atom is -0.393 e. The molecule has 10 fully saturated rings. The molecule has 0 aromatic rings. The number of fused-ring (bicyclic) bond motifs is 6. The maximum absolute atomic E-state index is 14.1. The topological polar surface area (TPSA) is 169 Å². The molecule has 10 rings (SSSR count). The van der Waals surface area contributed by atoms with Gasteiger partial charge >= 0.3 is 0 Å². The van der Waals surface area contributed by atoms with Crippen LogP contribution in [-0.2, 0) is 47.4 Å². The van der Waals surface area contributed by atoms with E-state index in [1.54, 1.807) is 7.11 Å². The van der Waals surface area contributed by atoms with Crippen LogP contribution in [0.1, 0.15) is 90.4 Å². The molecule has 10 aliphatic rings. The van der Waals surface area contributed by atoms with Gasteiger partial charge in [0.25, 0.3) is 0 Å². The van der Waals surface area contributed by atoms with Crippen LogP contribution in [0, 0.1) is 11.8 Å². The van der Waals surface area contributed by atoms with E-state index in [2.05, 4.69) is 30.1 Å². The number of rotatable bonds is 5. The van der Waals surface area contributed by atoms with E-state index in [4.69, 9.17) is 48.2 Å². The molecule has 0 aliphatic carbocycles. The second-order valence-corrected chi connectivity index (χ2v) is 17.6. The first-order valence-corrected chi connectivity index (χ1v) is 20.5. The second-order valence-electron chi connectivity index (χ2n) is 17.6. The molecule has 19 atom stereocenters. The van der Waals surface area contributed by atoms with Crippen molar-refractivity contribution in [3.8, 4) is 0 Å². The fourth-order valence-electron chi connectivity index (χ4n) is 11.4. The summed E-state index contributed by atoms with van der Waals surface area (Å²) >= 11 is 0. The number of aliphatic hydroxyl groups excluding tert-OH is 1. The van der Waals surface area contributed by atoms with Crippen molar-refractivity contribution in [1.82, 2.24) is 0 Å². The largest absolute Gasteiger partial charge is 0.393 e. The fourth-order valence-corrected chi connectivity index (χ4v) is 11.4. The Morgan fingerprint density at radius 3 is 2.44 bits per heavy atom. The van der Waals surface area contributed by atoms with Gasteiger partial charge < -0.3 is 47.7 Å². The van der Waals surface area contributed by atoms with Crippen molar-refractivity contribution in [2.45, 2.75) is 194 Å². The first-order valence-electron chi connectivity index (χ1n) is 20.5. The van der Waals surface area contributed by atoms with Gasteiger partial charge in [0, 0.05) is 56.5 Å². The SMILES string of the molecule is C=C1C[C@@H]2CC[C@@]34C[C@H]5O[C@H]6[C@@H](O3)[C@H]3O[C@H](CC[C@@H]3O[C@H]6[C@H]5O4)CC(=O)CC3[C@@H](OC)C(C[C@H](O)CN=[N+]=[N-])O[C@H]3C[C@H]3OC(CCC1O2)C[C@@H](C)C3=C. The number of aliphatic hydroxyl groups is 1. The highest BCUT2D eigenvalue weighted by Crippen LogP contribution is 2.54. The monoisotopic (exact) mass is 755 g/mol. The second kappa shape index (κ2) is 15.1. The number of nitrogens with zero attached hydrogens (tertiary/aromatic N) is 3. The third-order valence-corrected chi connectivity index (χ3v) is 14.1. The number of ketones is 1. The third kappa shape index (κ3) is 7.01. The van der Waals surface area contributed by atoms with Crippen LogP contribution in [0.25, 0.3) is 10.4 Å². The maximum atomic E-state index is 14.1. The number of azide groups is 1. The van der Waals surface area contributed by atoms with E-state index in [0.717, 1.165) is 49.7 Å². The zero-order valence-electron chi connectivity index (χ0n) is 31.6. The molecule has 10 heterocycles. The number of hydrogen-bond acceptors (Lipinski definition) is 12. The zero-order chi connectivity index (χ0) is 37.3. The quantitative estimate of drug-likeness (QED) is 0.177. The molecular weight excluding hydrogens is 698 g/mol. The summed E-state index contributed by atoms with van der Waals surface area (Å²) in [6.45, 7) is 11.0. The van der Waals surface area contributed by atoms with Crippen LogP contribution in [0.4, 0.5) is 0 Å². The van der Waals surface area contributed by atoms with E-state index in [0.29, 0.717) is 25.7 Å². The molecule has 1 spiro atoms. The molecule has 0 amide bonds. The Labute approximate surface area is 317 Å². The van der Waals surface area contributed by atoms with Crippen molar-refractivity contribution in [3.63, 3.8) is 0 Å². The lowest BCUT2D eigenvalue weighted by atomic mass is 9.81. The molecule has 0 aromatic heterocycles. The van der Waals surface area contributed by atoms with Crippen LogP contribution >= 0.6 is 0 Å². The third-order valence-electron chi connectivity index (χ3n) is 14.1. The maximum Gasteiger partial charge on any atom is 0.172 e. The number of ether oxygens (including phenoxy) is 9. The Morgan fingerprint density at radius 2 is 1.61 bits per heavy atom. The van der Waals surface area contributed by atoms with Crippen molar-refractivity contribution in [1.29, 1.82) is 0 Å². The van der Waals surface area contributed by atoms with E-state index in [9.17, 15) is 9.90 Å². The van der Waals surface area contributed by atoms with E-state index >= 15 is 0 Å². The van der Waals surface area contributed by atoms with E-state index < -0.39 is 24.1 Å². The van der Waals surface area contributed by atoms with Gasteiger partial charge in [-0.25, -0.2) is 0 Å². The highest BCUT2D eigenvalue weighted by atomic mass is 16.8. The van der Waals surface area contributed by atoms with Gasteiger partial charge in [0.15, 0.2) is 5.79 Å². The van der Waals surface area contributed by atoms with Gasteiger partial charge in [-0.15, -0.1) is 0 Å². The Balaban J connectivity index is 0.988. The zero-order valence-corrected chi connectivity index (χ0v) is 31.6. The summed E-state index contributed by atoms with van der Waals surface area (Å²) in [6.07, 6.45) is 3.73. The minimum absolute atomic E-state index is 0.0142. The Hall–Kier alpha value is -1.94. The lowest BCUT2D eigenvalue weighted by Gasteiger charge is -2.47. The van der Waals surface area contributed by atoms with Crippen LogP contribution in [0.15, 0.2) is 29.4 Å². The number of hydrogen-bond donors (Lipinski definition) is 1. The summed E-state index contributed by atoms with van der Waals surface area (Å²) in [6, 6.07) is 0. The Bertz CT molecular complexity index is 1510. The molecule has 1 N–H and O–H groups in total. The number of Topliss-reactive ketones (excluding diaryl/α,β-unsaturated/α-hetero) is 1. The van der Waals surface area contributed by atoms with Gasteiger partial charge in [-0.2, -0.15) is 0 Å². The van der Waals surface area contributed by atoms with Crippen molar-refractivity contribution in [2.24, 2.45) is 17.0 Å². The Kier molecular flexibility index (Phi) is 10.5. The Morgan fingerprint density at radius 1 is 0.852 bits per heavy atom. The molecule has 10 saturated heterocycles. The van der Waals surface area contributed by atoms with Crippen molar-refractivity contribution >= 4 is 5.78 Å². The average Bonchev–Trinajstić information content (AvgIpc) is 3.82. The lowest BCUT2D eigenvalue weighted by molar-refractivity contribution is -0.292. The summed E-state index contributed by atoms with van der Waals surface area (Å²) in [5, 5.41) is 14.3. The molecule has 12 bridgehead atoms. The van der Waals surface area contributed by atoms with E-state index in [1.807, 2.05) is 0 Å². The van der Waals surface area contributed by atoms with Crippen LogP contribution < -0.4 is 0 Å². The van der Waals surface area contributed by atoms with E-state index in [1.165, 1.54) is 0 Å². The van der Waals surface area contributed by atoms with Crippen molar-refractivity contribution in [3.05, 3.63) is 34.7 Å². The summed E-state index contributed by atoms with van der Waals surface area (Å²) < 4.78 is 60.0. The fraction of sp³-hybridized carbons (Fsp3) is 0.875. The highest BCUT2D eigenvalue weighted by Gasteiger charge is 2.68. The molecule has 54 heavy (non-hydrogen) atoms. The predicted molar refractivity (Wildman–Crippen MR) is 191 cm³/mol. The van der Waals surface area contributed by atoms with Gasteiger partial charge in [-0.1, -0.05) is 25.2 Å². The van der Waals surface area contributed by atoms with Crippen LogP contribution in [0.3, 0.4) is 0 Å². The predicted octanol–water partition coefficient (Wildman–Crippen LogP) is 4.79. The summed E-state index contributed by atoms with van der Waals surface area (Å²) in [4.78, 5) is 16.9. The normalized spacial score (nSPS) is 50.6. The molecule has 0 saturated carbocycles. The molecule has 14 heteroatoms. The van der Waals surface area contributed by atoms with Crippen molar-refractivity contribution in [2.75, 3.05) is 13.7 Å². The first-order chi connectivity index (χ1) is 26.1. The molecule has 0 aromatic carbocycles. The molecule has 10 aliphatic heterocycles. The number of carbonyl (C=O) groups excluding carboxylic acids is 1.